The highest BCUT2D eigenvalue weighted by molar-refractivity contribution is 7.17. The number of hydrogen-bond acceptors (Lipinski definition) is 5. The lowest BCUT2D eigenvalue weighted by Crippen LogP contribution is -2.44. The first kappa shape index (κ1) is 10.9. The fourth-order valence-electron chi connectivity index (χ4n) is 2.19. The molecule has 17 heavy (non-hydrogen) atoms. The lowest BCUT2D eigenvalue weighted by atomic mass is 9.96. The molecule has 0 aromatic carbocycles. The van der Waals surface area contributed by atoms with Gasteiger partial charge in [-0.3, -0.25) is 0 Å². The molecule has 3 rings (SSSR count). The SMILES string of the molecule is CC(CN)(Nc1ncnc2ccsc12)C1CC1. The van der Waals surface area contributed by atoms with Crippen LogP contribution in [0, 0.1) is 5.92 Å². The van der Waals surface area contributed by atoms with Crippen molar-refractivity contribution in [2.24, 2.45) is 11.7 Å². The van der Waals surface area contributed by atoms with E-state index in [9.17, 15) is 0 Å². The Balaban J connectivity index is 1.96. The molecule has 4 nitrogen and oxygen atoms in total. The van der Waals surface area contributed by atoms with Gasteiger partial charge in [-0.2, -0.15) is 0 Å². The molecular weight excluding hydrogens is 232 g/mol. The van der Waals surface area contributed by atoms with Gasteiger partial charge in [0.2, 0.25) is 0 Å². The van der Waals surface area contributed by atoms with Crippen molar-refractivity contribution < 1.29 is 0 Å². The van der Waals surface area contributed by atoms with Crippen LogP contribution in [0.2, 0.25) is 0 Å². The van der Waals surface area contributed by atoms with Gasteiger partial charge in [0.05, 0.1) is 15.8 Å². The Labute approximate surface area is 104 Å². The maximum absolute atomic E-state index is 5.91. The molecule has 2 aromatic heterocycles. The van der Waals surface area contributed by atoms with Gasteiger partial charge in [-0.1, -0.05) is 0 Å². The lowest BCUT2D eigenvalue weighted by Gasteiger charge is -2.30. The monoisotopic (exact) mass is 248 g/mol. The largest absolute Gasteiger partial charge is 0.362 e. The van der Waals surface area contributed by atoms with E-state index in [0.29, 0.717) is 12.5 Å². The number of thiophene rings is 1. The van der Waals surface area contributed by atoms with E-state index in [1.807, 2.05) is 11.4 Å². The van der Waals surface area contributed by atoms with E-state index in [1.165, 1.54) is 12.8 Å². The van der Waals surface area contributed by atoms with Gasteiger partial charge in [-0.05, 0) is 37.1 Å². The van der Waals surface area contributed by atoms with E-state index in [1.54, 1.807) is 17.7 Å². The molecule has 0 saturated heterocycles. The normalized spacial score (nSPS) is 19.2. The number of fused-ring (bicyclic) bond motifs is 1. The van der Waals surface area contributed by atoms with Gasteiger partial charge in [0, 0.05) is 6.54 Å². The van der Waals surface area contributed by atoms with Crippen molar-refractivity contribution in [3.05, 3.63) is 17.8 Å². The quantitative estimate of drug-likeness (QED) is 0.871. The molecule has 1 fully saturated rings. The second-order valence-corrected chi connectivity index (χ2v) is 5.79. The van der Waals surface area contributed by atoms with Crippen molar-refractivity contribution in [1.82, 2.24) is 9.97 Å². The van der Waals surface area contributed by atoms with Crippen LogP contribution in [-0.2, 0) is 0 Å². The summed E-state index contributed by atoms with van der Waals surface area (Å²) in [4.78, 5) is 8.60. The van der Waals surface area contributed by atoms with Crippen LogP contribution in [0.25, 0.3) is 10.2 Å². The summed E-state index contributed by atoms with van der Waals surface area (Å²) in [6.45, 7) is 2.82. The maximum atomic E-state index is 5.91. The number of nitrogens with two attached hydrogens (primary N) is 1. The van der Waals surface area contributed by atoms with Crippen LogP contribution < -0.4 is 11.1 Å². The predicted molar refractivity (Wildman–Crippen MR) is 71.2 cm³/mol. The Morgan fingerprint density at radius 2 is 2.35 bits per heavy atom. The summed E-state index contributed by atoms with van der Waals surface area (Å²) in [5.41, 5.74) is 6.88. The molecular formula is C12H16N4S. The molecule has 0 spiro atoms. The number of anilines is 1. The van der Waals surface area contributed by atoms with Crippen LogP contribution in [0.4, 0.5) is 5.82 Å². The average molecular weight is 248 g/mol. The highest BCUT2D eigenvalue weighted by Gasteiger charge is 2.41. The first-order chi connectivity index (χ1) is 8.23. The number of nitrogens with zero attached hydrogens (tertiary/aromatic N) is 2. The highest BCUT2D eigenvalue weighted by Crippen LogP contribution is 2.41. The summed E-state index contributed by atoms with van der Waals surface area (Å²) in [5.74, 6) is 1.60. The molecule has 0 aliphatic heterocycles. The number of nitrogens with one attached hydrogen (secondary N) is 1. The first-order valence-corrected chi connectivity index (χ1v) is 6.77. The molecule has 3 N–H and O–H groups in total. The van der Waals surface area contributed by atoms with Crippen LogP contribution in [-0.4, -0.2) is 22.1 Å². The van der Waals surface area contributed by atoms with Crippen LogP contribution in [0.15, 0.2) is 17.8 Å². The third-order valence-electron chi connectivity index (χ3n) is 3.55. The Morgan fingerprint density at radius 3 is 3.06 bits per heavy atom. The molecule has 1 atom stereocenters. The number of aromatic nitrogens is 2. The summed E-state index contributed by atoms with van der Waals surface area (Å²) in [7, 11) is 0. The molecule has 1 unspecified atom stereocenters. The van der Waals surface area contributed by atoms with E-state index >= 15 is 0 Å². The average Bonchev–Trinajstić information content (AvgIpc) is 3.09. The van der Waals surface area contributed by atoms with Crippen molar-refractivity contribution in [2.45, 2.75) is 25.3 Å². The molecule has 1 saturated carbocycles. The molecule has 1 aliphatic rings. The standard InChI is InChI=1S/C12H16N4S/c1-12(6-13,8-2-3-8)16-11-10-9(4-5-17-10)14-7-15-11/h4-5,7-8H,2-3,6,13H2,1H3,(H,14,15,16). The zero-order chi connectivity index (χ0) is 11.9. The first-order valence-electron chi connectivity index (χ1n) is 5.89. The van der Waals surface area contributed by atoms with Crippen molar-refractivity contribution in [1.29, 1.82) is 0 Å². The minimum atomic E-state index is -0.0364. The van der Waals surface area contributed by atoms with E-state index in [2.05, 4.69) is 22.2 Å². The van der Waals surface area contributed by atoms with Crippen LogP contribution >= 0.6 is 11.3 Å². The lowest BCUT2D eigenvalue weighted by molar-refractivity contribution is 0.458. The fraction of sp³-hybridized carbons (Fsp3) is 0.500. The smallest absolute Gasteiger partial charge is 0.147 e. The van der Waals surface area contributed by atoms with Crippen LogP contribution in [0.5, 0.6) is 0 Å². The molecule has 1 aliphatic carbocycles. The van der Waals surface area contributed by atoms with E-state index in [0.717, 1.165) is 16.0 Å². The minimum Gasteiger partial charge on any atom is -0.362 e. The zero-order valence-corrected chi connectivity index (χ0v) is 10.6. The molecule has 90 valence electrons. The maximum Gasteiger partial charge on any atom is 0.147 e. The Bertz CT molecular complexity index is 534. The van der Waals surface area contributed by atoms with Crippen molar-refractivity contribution in [3.63, 3.8) is 0 Å². The van der Waals surface area contributed by atoms with E-state index < -0.39 is 0 Å². The van der Waals surface area contributed by atoms with Gasteiger partial charge in [0.25, 0.3) is 0 Å². The summed E-state index contributed by atoms with van der Waals surface area (Å²) in [6.07, 6.45) is 4.14. The molecule has 0 amide bonds. The van der Waals surface area contributed by atoms with Gasteiger partial charge in [-0.25, -0.2) is 9.97 Å². The minimum absolute atomic E-state index is 0.0364. The summed E-state index contributed by atoms with van der Waals surface area (Å²) < 4.78 is 1.12. The molecule has 0 bridgehead atoms. The van der Waals surface area contributed by atoms with Gasteiger partial charge < -0.3 is 11.1 Å². The molecule has 5 heteroatoms. The molecule has 2 heterocycles. The van der Waals surface area contributed by atoms with Crippen molar-refractivity contribution in [2.75, 3.05) is 11.9 Å². The summed E-state index contributed by atoms with van der Waals surface area (Å²) >= 11 is 1.67. The van der Waals surface area contributed by atoms with Gasteiger partial charge in [0.1, 0.15) is 12.1 Å². The zero-order valence-electron chi connectivity index (χ0n) is 9.81. The van der Waals surface area contributed by atoms with Crippen molar-refractivity contribution >= 4 is 27.4 Å². The van der Waals surface area contributed by atoms with Crippen molar-refractivity contribution in [3.8, 4) is 0 Å². The Morgan fingerprint density at radius 1 is 1.53 bits per heavy atom. The Hall–Kier alpha value is -1.20. The number of hydrogen-bond donors (Lipinski definition) is 2. The predicted octanol–water partition coefficient (Wildman–Crippen LogP) is 2.23. The summed E-state index contributed by atoms with van der Waals surface area (Å²) in [6, 6.07) is 2.02. The third-order valence-corrected chi connectivity index (χ3v) is 4.46. The van der Waals surface area contributed by atoms with Crippen LogP contribution in [0.1, 0.15) is 19.8 Å². The van der Waals surface area contributed by atoms with Gasteiger partial charge >= 0.3 is 0 Å². The molecule has 0 radical (unpaired) electrons. The second-order valence-electron chi connectivity index (χ2n) is 4.88. The highest BCUT2D eigenvalue weighted by atomic mass is 32.1. The van der Waals surface area contributed by atoms with Crippen LogP contribution in [0.3, 0.4) is 0 Å². The van der Waals surface area contributed by atoms with Gasteiger partial charge in [0.15, 0.2) is 0 Å². The van der Waals surface area contributed by atoms with Gasteiger partial charge in [-0.15, -0.1) is 11.3 Å². The van der Waals surface area contributed by atoms with E-state index in [-0.39, 0.29) is 5.54 Å². The summed E-state index contributed by atoms with van der Waals surface area (Å²) in [5, 5.41) is 5.57. The second kappa shape index (κ2) is 3.92. The third kappa shape index (κ3) is 1.89. The fourth-order valence-corrected chi connectivity index (χ4v) is 2.98. The van der Waals surface area contributed by atoms with E-state index in [4.69, 9.17) is 5.73 Å². The number of rotatable bonds is 4. The topological polar surface area (TPSA) is 63.8 Å². The molecule has 2 aromatic rings. The Kier molecular flexibility index (Phi) is 2.52.